The third-order valence-corrected chi connectivity index (χ3v) is 6.45. The molecule has 34 heavy (non-hydrogen) atoms. The van der Waals surface area contributed by atoms with Crippen molar-refractivity contribution >= 4 is 24.4 Å². The van der Waals surface area contributed by atoms with Gasteiger partial charge in [0.15, 0.2) is 0 Å². The highest BCUT2D eigenvalue weighted by atomic mass is 19.2. The number of azide groups is 1. The van der Waals surface area contributed by atoms with Crippen LogP contribution in [-0.4, -0.2) is 23.2 Å². The summed E-state index contributed by atoms with van der Waals surface area (Å²) >= 11 is 0. The molecule has 1 aromatic carbocycles. The number of aliphatic imine (C=N–C) groups is 1. The molecule has 178 valence electrons. The molecule has 0 atom stereocenters. The molecule has 2 aromatic rings. The van der Waals surface area contributed by atoms with Crippen LogP contribution in [0.2, 0.25) is 0 Å². The summed E-state index contributed by atoms with van der Waals surface area (Å²) < 4.78 is 36.1. The molecule has 1 aliphatic heterocycles. The fraction of sp³-hybridized carbons (Fsp3) is 0.400. The highest BCUT2D eigenvalue weighted by Crippen LogP contribution is 2.43. The fourth-order valence-corrected chi connectivity index (χ4v) is 3.72. The second kappa shape index (κ2) is 9.14. The molecule has 6 nitrogen and oxygen atoms in total. The summed E-state index contributed by atoms with van der Waals surface area (Å²) in [5.74, 6) is 0.492. The van der Waals surface area contributed by atoms with Crippen molar-refractivity contribution < 1.29 is 13.4 Å². The number of aryl methyl sites for hydroxylation is 2. The van der Waals surface area contributed by atoms with E-state index in [1.165, 1.54) is 0 Å². The predicted molar refractivity (Wildman–Crippen MR) is 135 cm³/mol. The van der Waals surface area contributed by atoms with Crippen LogP contribution in [0.15, 0.2) is 52.2 Å². The smallest absolute Gasteiger partial charge is 0.487 e. The molecule has 0 saturated heterocycles. The third kappa shape index (κ3) is 4.80. The van der Waals surface area contributed by atoms with Gasteiger partial charge in [-0.25, -0.2) is 0 Å². The molecule has 9 heteroatoms. The molecule has 3 rings (SSSR count). The molecular formula is C25H30BF2N5O. The van der Waals surface area contributed by atoms with Crippen LogP contribution >= 0.6 is 0 Å². The Balaban J connectivity index is 2.42. The van der Waals surface area contributed by atoms with Gasteiger partial charge >= 0.3 is 7.40 Å². The number of halogens is 2. The first-order valence-electron chi connectivity index (χ1n) is 11.1. The molecule has 0 fully saturated rings. The molecule has 0 bridgehead atoms. The Hall–Kier alpha value is -3.32. The van der Waals surface area contributed by atoms with E-state index in [0.717, 1.165) is 10.2 Å². The monoisotopic (exact) mass is 465 g/mol. The summed E-state index contributed by atoms with van der Waals surface area (Å²) in [7, 11) is -2.74. The number of allylic oxidation sites excluding steroid dienone is 2. The molecule has 2 heterocycles. The van der Waals surface area contributed by atoms with Crippen LogP contribution in [0.5, 0.6) is 5.75 Å². The molecule has 0 aliphatic carbocycles. The molecule has 0 N–H and O–H groups in total. The maximum absolute atomic E-state index is 14.3. The average molecular weight is 465 g/mol. The summed E-state index contributed by atoms with van der Waals surface area (Å²) in [6.45, 7) is 15.5. The molecule has 0 unspecified atom stereocenters. The zero-order valence-electron chi connectivity index (χ0n) is 20.9. The van der Waals surface area contributed by atoms with E-state index in [2.05, 4.69) is 35.8 Å². The maximum Gasteiger partial charge on any atom is 0.677 e. The highest BCUT2D eigenvalue weighted by Gasteiger charge is 2.36. The van der Waals surface area contributed by atoms with E-state index < -0.39 is 13.0 Å². The van der Waals surface area contributed by atoms with Gasteiger partial charge in [0.25, 0.3) is 0 Å². The minimum absolute atomic E-state index is 0.223. The second-order valence-corrected chi connectivity index (χ2v) is 10.0. The Bertz CT molecular complexity index is 1260. The van der Waals surface area contributed by atoms with Crippen molar-refractivity contribution in [2.75, 3.05) is 0 Å². The highest BCUT2D eigenvalue weighted by molar-refractivity contribution is 6.41. The predicted octanol–water partition coefficient (Wildman–Crippen LogP) is 7.81. The van der Waals surface area contributed by atoms with Crippen molar-refractivity contribution in [2.24, 2.45) is 15.5 Å². The third-order valence-electron chi connectivity index (χ3n) is 6.45. The van der Waals surface area contributed by atoms with Gasteiger partial charge in [-0.3, -0.25) is 13.6 Å². The van der Waals surface area contributed by atoms with Gasteiger partial charge in [0, 0.05) is 44.3 Å². The van der Waals surface area contributed by atoms with Crippen molar-refractivity contribution in [3.05, 3.63) is 75.1 Å². The lowest BCUT2D eigenvalue weighted by Crippen LogP contribution is -2.42. The lowest BCUT2D eigenvalue weighted by Gasteiger charge is -2.39. The first kappa shape index (κ1) is 25.3. The first-order chi connectivity index (χ1) is 15.8. The number of hydrogen-bond donors (Lipinski definition) is 0. The van der Waals surface area contributed by atoms with Crippen LogP contribution in [0.4, 0.5) is 14.3 Å². The second-order valence-electron chi connectivity index (χ2n) is 10.0. The molecule has 0 amide bonds. The summed E-state index contributed by atoms with van der Waals surface area (Å²) in [5.41, 5.74) is 12.3. The molecule has 1 aromatic heterocycles. The lowest BCUT2D eigenvalue weighted by molar-refractivity contribution is 0.000599. The number of nitrogens with zero attached hydrogens (tertiary/aromatic N) is 5. The van der Waals surface area contributed by atoms with Gasteiger partial charge in [0.1, 0.15) is 11.4 Å². The number of hydrogen-bond acceptors (Lipinski definition) is 3. The summed E-state index contributed by atoms with van der Waals surface area (Å²) in [6, 6.07) is 6.78. The Morgan fingerprint density at radius 2 is 1.76 bits per heavy atom. The maximum atomic E-state index is 14.3. The zero-order valence-corrected chi connectivity index (χ0v) is 20.9. The summed E-state index contributed by atoms with van der Waals surface area (Å²) in [6.07, 6.45) is 3.64. The van der Waals surface area contributed by atoms with E-state index in [0.29, 0.717) is 45.2 Å². The van der Waals surface area contributed by atoms with Crippen molar-refractivity contribution in [3.8, 4) is 5.75 Å². The first-order valence-corrected chi connectivity index (χ1v) is 11.1. The average Bonchev–Trinajstić information content (AvgIpc) is 3.26. The standard InChI is InChI=1S/C25H30BF2N5O/c1-15-13-17(3)33(26(27)28)23(15)22(20-11-9-16(2)30-20)19-14-18(31-32-29)10-12-21(19)34-25(7,8)24(4,5)6/h9-14H,1-8H3/b22-20-. The lowest BCUT2D eigenvalue weighted by atomic mass is 9.79. The Kier molecular flexibility index (Phi) is 6.81. The SMILES string of the molecule is CC1=N/C(=C(/c2cc(N=[N+]=[N-])ccc2OC(C)(C)C(C)(C)C)c2c(C)cc(C)n2B(F)F)C=C1. The molecule has 0 radical (unpaired) electrons. The van der Waals surface area contributed by atoms with Gasteiger partial charge in [-0.15, -0.1) is 0 Å². The van der Waals surface area contributed by atoms with Gasteiger partial charge < -0.3 is 9.21 Å². The van der Waals surface area contributed by atoms with E-state index in [9.17, 15) is 8.63 Å². The molecule has 1 aliphatic rings. The zero-order chi connectivity index (χ0) is 25.4. The fourth-order valence-electron chi connectivity index (χ4n) is 3.72. The van der Waals surface area contributed by atoms with Crippen molar-refractivity contribution in [3.63, 3.8) is 0 Å². The van der Waals surface area contributed by atoms with E-state index in [-0.39, 0.29) is 5.41 Å². The van der Waals surface area contributed by atoms with Crippen molar-refractivity contribution in [2.45, 2.75) is 61.0 Å². The van der Waals surface area contributed by atoms with E-state index in [1.807, 2.05) is 26.8 Å². The molecule has 0 saturated carbocycles. The van der Waals surface area contributed by atoms with Gasteiger partial charge in [0.05, 0.1) is 5.70 Å². The Morgan fingerprint density at radius 1 is 1.09 bits per heavy atom. The minimum atomic E-state index is -2.74. The van der Waals surface area contributed by atoms with Crippen LogP contribution in [-0.2, 0) is 0 Å². The number of benzene rings is 1. The summed E-state index contributed by atoms with van der Waals surface area (Å²) in [4.78, 5) is 7.52. The largest absolute Gasteiger partial charge is 0.677 e. The quantitative estimate of drug-likeness (QED) is 0.186. The van der Waals surface area contributed by atoms with Gasteiger partial charge in [-0.2, -0.15) is 0 Å². The van der Waals surface area contributed by atoms with Crippen molar-refractivity contribution in [1.29, 1.82) is 0 Å². The minimum Gasteiger partial charge on any atom is -0.487 e. The van der Waals surface area contributed by atoms with E-state index >= 15 is 0 Å². The topological polar surface area (TPSA) is 75.3 Å². The van der Waals surface area contributed by atoms with Crippen LogP contribution in [0.3, 0.4) is 0 Å². The van der Waals surface area contributed by atoms with E-state index in [4.69, 9.17) is 10.3 Å². The normalized spacial score (nSPS) is 15.2. The van der Waals surface area contributed by atoms with Crippen LogP contribution in [0.1, 0.15) is 64.1 Å². The Labute approximate surface area is 199 Å². The van der Waals surface area contributed by atoms with Crippen molar-refractivity contribution in [1.82, 2.24) is 4.48 Å². The van der Waals surface area contributed by atoms with Crippen LogP contribution < -0.4 is 4.74 Å². The van der Waals surface area contributed by atoms with Gasteiger partial charge in [0.2, 0.25) is 0 Å². The van der Waals surface area contributed by atoms with Gasteiger partial charge in [-0.05, 0) is 82.1 Å². The number of aromatic nitrogens is 1. The molecular weight excluding hydrogens is 435 g/mol. The summed E-state index contributed by atoms with van der Waals surface area (Å²) in [5, 5.41) is 3.75. The molecule has 0 spiro atoms. The number of ether oxygens (including phenoxy) is 1. The van der Waals surface area contributed by atoms with Crippen LogP contribution in [0, 0.1) is 19.3 Å². The van der Waals surface area contributed by atoms with Gasteiger partial charge in [-0.1, -0.05) is 25.9 Å². The van der Waals surface area contributed by atoms with E-state index in [1.54, 1.807) is 44.2 Å². The Morgan fingerprint density at radius 3 is 2.29 bits per heavy atom. The van der Waals surface area contributed by atoms with Crippen LogP contribution in [0.25, 0.3) is 16.0 Å². The number of rotatable bonds is 6.